The van der Waals surface area contributed by atoms with Crippen LogP contribution in [0.15, 0.2) is 170 Å². The summed E-state index contributed by atoms with van der Waals surface area (Å²) < 4.78 is 15.6. The molecule has 0 spiro atoms. The number of nitrogens with zero attached hydrogens (tertiary/aromatic N) is 1. The van der Waals surface area contributed by atoms with Crippen LogP contribution in [0.5, 0.6) is 23.0 Å². The van der Waals surface area contributed by atoms with E-state index < -0.39 is 0 Å². The molecule has 8 aromatic carbocycles. The van der Waals surface area contributed by atoms with Gasteiger partial charge in [0.25, 0.3) is 6.71 Å². The molecular weight excluding hydrogens is 645 g/mol. The summed E-state index contributed by atoms with van der Waals surface area (Å²) in [7, 11) is 0. The summed E-state index contributed by atoms with van der Waals surface area (Å²) in [5.74, 6) is 3.52. The predicted molar refractivity (Wildman–Crippen MR) is 218 cm³/mol. The molecule has 4 heteroatoms. The van der Waals surface area contributed by atoms with E-state index in [9.17, 15) is 0 Å². The van der Waals surface area contributed by atoms with Gasteiger partial charge in [0.15, 0.2) is 0 Å². The molecule has 3 heterocycles. The molecule has 0 atom stereocenters. The minimum absolute atomic E-state index is 0.0751. The highest BCUT2D eigenvalue weighted by Gasteiger charge is 2.40. The smallest absolute Gasteiger partial charge is 0.260 e. The Morgan fingerprint density at radius 2 is 0.943 bits per heavy atom. The second-order valence-corrected chi connectivity index (χ2v) is 14.4. The minimum Gasteiger partial charge on any atom is -0.458 e. The first-order chi connectivity index (χ1) is 26.3. The SMILES string of the molecule is c1ccc2c(c1)Oc1cc(-c3ccc(-c4cccc5c4Cc4c-5cccc4-n4c5ccccc5c5ccccc54)cc3)cc3c1B2c1ccccc1O3. The average Bonchev–Trinajstić information content (AvgIpc) is 3.77. The van der Waals surface area contributed by atoms with Crippen LogP contribution in [-0.2, 0) is 6.42 Å². The number of ether oxygens (including phenoxy) is 2. The second kappa shape index (κ2) is 10.9. The van der Waals surface area contributed by atoms with Crippen molar-refractivity contribution in [3.63, 3.8) is 0 Å². The normalized spacial score (nSPS) is 13.1. The number of rotatable bonds is 3. The van der Waals surface area contributed by atoms with Crippen LogP contribution < -0.4 is 25.9 Å². The average molecular weight is 676 g/mol. The Bertz CT molecular complexity index is 2870. The standard InChI is InChI=1S/C49H30BNO2/c1-5-18-42-36(11-1)37-12-2-6-19-43(37)51(42)44-20-10-15-35-34-14-9-13-33(38(34)29-39(35)44)31-25-23-30(24-26-31)32-27-47-49-48(28-32)53-46-22-8-4-17-41(46)50(49)40-16-3-7-21-45(40)52-47/h1-28H,29H2. The van der Waals surface area contributed by atoms with Crippen LogP contribution in [-0.4, -0.2) is 11.3 Å². The van der Waals surface area contributed by atoms with Crippen LogP contribution in [0.25, 0.3) is 60.9 Å². The molecule has 1 aromatic heterocycles. The van der Waals surface area contributed by atoms with Gasteiger partial charge >= 0.3 is 0 Å². The van der Waals surface area contributed by atoms with E-state index in [1.807, 2.05) is 12.1 Å². The van der Waals surface area contributed by atoms with Gasteiger partial charge in [0.2, 0.25) is 0 Å². The van der Waals surface area contributed by atoms with E-state index in [0.29, 0.717) is 0 Å². The lowest BCUT2D eigenvalue weighted by molar-refractivity contribution is 0.465. The maximum absolute atomic E-state index is 6.58. The van der Waals surface area contributed by atoms with Crippen molar-refractivity contribution < 1.29 is 9.47 Å². The van der Waals surface area contributed by atoms with E-state index in [-0.39, 0.29) is 6.71 Å². The minimum atomic E-state index is 0.0751. The Labute approximate surface area is 307 Å². The van der Waals surface area contributed by atoms with Crippen LogP contribution in [0.3, 0.4) is 0 Å². The quantitative estimate of drug-likeness (QED) is 0.174. The highest BCUT2D eigenvalue weighted by atomic mass is 16.5. The predicted octanol–water partition coefficient (Wildman–Crippen LogP) is 10.4. The number of para-hydroxylation sites is 4. The van der Waals surface area contributed by atoms with Gasteiger partial charge < -0.3 is 14.0 Å². The topological polar surface area (TPSA) is 23.4 Å². The third kappa shape index (κ3) is 4.12. The maximum Gasteiger partial charge on any atom is 0.260 e. The molecule has 9 aromatic rings. The molecule has 0 N–H and O–H groups in total. The Morgan fingerprint density at radius 1 is 0.415 bits per heavy atom. The fourth-order valence-electron chi connectivity index (χ4n) is 9.28. The zero-order chi connectivity index (χ0) is 34.6. The first-order valence-electron chi connectivity index (χ1n) is 18.3. The lowest BCUT2D eigenvalue weighted by atomic mass is 9.35. The lowest BCUT2D eigenvalue weighted by Gasteiger charge is -2.33. The highest BCUT2D eigenvalue weighted by Crippen LogP contribution is 2.46. The van der Waals surface area contributed by atoms with Crippen LogP contribution in [0.4, 0.5) is 0 Å². The molecule has 2 aliphatic heterocycles. The van der Waals surface area contributed by atoms with Crippen molar-refractivity contribution in [1.82, 2.24) is 4.57 Å². The van der Waals surface area contributed by atoms with E-state index in [1.54, 1.807) is 0 Å². The first-order valence-corrected chi connectivity index (χ1v) is 18.3. The summed E-state index contributed by atoms with van der Waals surface area (Å²) in [6.07, 6.45) is 0.882. The molecule has 0 bridgehead atoms. The molecule has 246 valence electrons. The summed E-state index contributed by atoms with van der Waals surface area (Å²) >= 11 is 0. The summed E-state index contributed by atoms with van der Waals surface area (Å²) in [5.41, 5.74) is 17.3. The molecule has 1 aliphatic carbocycles. The lowest BCUT2D eigenvalue weighted by Crippen LogP contribution is -2.57. The number of fused-ring (bicyclic) bond motifs is 10. The summed E-state index contributed by atoms with van der Waals surface area (Å²) in [6.45, 7) is 0.0751. The van der Waals surface area contributed by atoms with Crippen molar-refractivity contribution in [3.05, 3.63) is 181 Å². The Hall–Kier alpha value is -6.78. The summed E-state index contributed by atoms with van der Waals surface area (Å²) in [4.78, 5) is 0. The molecule has 0 amide bonds. The zero-order valence-corrected chi connectivity index (χ0v) is 28.7. The van der Waals surface area contributed by atoms with Gasteiger partial charge in [0.1, 0.15) is 23.0 Å². The van der Waals surface area contributed by atoms with E-state index in [4.69, 9.17) is 9.47 Å². The fraction of sp³-hybridized carbons (Fsp3) is 0.0204. The molecule has 53 heavy (non-hydrogen) atoms. The van der Waals surface area contributed by atoms with Crippen molar-refractivity contribution in [2.24, 2.45) is 0 Å². The van der Waals surface area contributed by atoms with Gasteiger partial charge in [-0.2, -0.15) is 0 Å². The van der Waals surface area contributed by atoms with E-state index in [0.717, 1.165) is 46.0 Å². The van der Waals surface area contributed by atoms with Gasteiger partial charge in [0, 0.05) is 22.7 Å². The first kappa shape index (κ1) is 28.9. The molecule has 0 unspecified atom stereocenters. The van der Waals surface area contributed by atoms with Crippen molar-refractivity contribution in [1.29, 1.82) is 0 Å². The number of aromatic nitrogens is 1. The van der Waals surface area contributed by atoms with Crippen molar-refractivity contribution in [2.75, 3.05) is 0 Å². The van der Waals surface area contributed by atoms with Gasteiger partial charge in [-0.05, 0) is 97.9 Å². The Balaban J connectivity index is 0.931. The van der Waals surface area contributed by atoms with Crippen molar-refractivity contribution in [2.45, 2.75) is 6.42 Å². The Morgan fingerprint density at radius 3 is 1.60 bits per heavy atom. The third-order valence-corrected chi connectivity index (χ3v) is 11.6. The van der Waals surface area contributed by atoms with Crippen LogP contribution in [0.2, 0.25) is 0 Å². The molecule has 0 radical (unpaired) electrons. The maximum atomic E-state index is 6.58. The molecule has 0 saturated carbocycles. The van der Waals surface area contributed by atoms with Gasteiger partial charge in [-0.15, -0.1) is 0 Å². The number of hydrogen-bond donors (Lipinski definition) is 0. The Kier molecular flexibility index (Phi) is 5.92. The number of benzene rings is 8. The van der Waals surface area contributed by atoms with Gasteiger partial charge in [0.05, 0.1) is 16.7 Å². The second-order valence-electron chi connectivity index (χ2n) is 14.4. The molecule has 0 saturated heterocycles. The molecule has 0 fully saturated rings. The summed E-state index contributed by atoms with van der Waals surface area (Å²) in [5, 5.41) is 2.57. The molecular formula is C49H30BNO2. The van der Waals surface area contributed by atoms with Crippen molar-refractivity contribution >= 4 is 44.9 Å². The van der Waals surface area contributed by atoms with E-state index in [2.05, 4.69) is 162 Å². The molecule has 12 rings (SSSR count). The zero-order valence-electron chi connectivity index (χ0n) is 28.7. The fourth-order valence-corrected chi connectivity index (χ4v) is 9.28. The van der Waals surface area contributed by atoms with Gasteiger partial charge in [-0.3, -0.25) is 0 Å². The van der Waals surface area contributed by atoms with Crippen LogP contribution in [0.1, 0.15) is 11.1 Å². The van der Waals surface area contributed by atoms with Crippen LogP contribution in [0, 0.1) is 0 Å². The monoisotopic (exact) mass is 675 g/mol. The molecule has 3 aliphatic rings. The third-order valence-electron chi connectivity index (χ3n) is 11.6. The van der Waals surface area contributed by atoms with E-state index in [1.165, 1.54) is 71.8 Å². The van der Waals surface area contributed by atoms with Crippen LogP contribution >= 0.6 is 0 Å². The highest BCUT2D eigenvalue weighted by molar-refractivity contribution is 6.98. The number of hydrogen-bond acceptors (Lipinski definition) is 2. The molecule has 3 nitrogen and oxygen atoms in total. The van der Waals surface area contributed by atoms with Crippen molar-refractivity contribution in [3.8, 4) is 62.1 Å². The van der Waals surface area contributed by atoms with Gasteiger partial charge in [-0.1, -0.05) is 127 Å². The largest absolute Gasteiger partial charge is 0.458 e. The summed E-state index contributed by atoms with van der Waals surface area (Å²) in [6, 6.07) is 61.2. The van der Waals surface area contributed by atoms with E-state index >= 15 is 0 Å². The van der Waals surface area contributed by atoms with Gasteiger partial charge in [-0.25, -0.2) is 0 Å².